The third kappa shape index (κ3) is 3.78. The minimum Gasteiger partial charge on any atom is -0.484 e. The number of piperidine rings is 1. The number of pyridine rings is 1. The van der Waals surface area contributed by atoms with Crippen LogP contribution in [0.15, 0.2) is 30.5 Å². The fraction of sp³-hybridized carbons (Fsp3) is 0.577. The molecule has 0 aliphatic carbocycles. The quantitative estimate of drug-likeness (QED) is 0.750. The van der Waals surface area contributed by atoms with E-state index in [1.165, 1.54) is 42.6 Å². The number of nitrogens with zero attached hydrogens (tertiary/aromatic N) is 2. The van der Waals surface area contributed by atoms with Gasteiger partial charge in [0.15, 0.2) is 0 Å². The molecule has 1 aromatic heterocycles. The van der Waals surface area contributed by atoms with Gasteiger partial charge in [0, 0.05) is 44.1 Å². The molecule has 0 amide bonds. The van der Waals surface area contributed by atoms with Crippen LogP contribution in [0.2, 0.25) is 0 Å². The lowest BCUT2D eigenvalue weighted by molar-refractivity contribution is 0.0846. The van der Waals surface area contributed by atoms with Crippen LogP contribution in [0.25, 0.3) is 0 Å². The number of anilines is 2. The summed E-state index contributed by atoms with van der Waals surface area (Å²) in [4.78, 5) is 7.40. The second-order valence-corrected chi connectivity index (χ2v) is 9.81. The molecule has 170 valence electrons. The van der Waals surface area contributed by atoms with Gasteiger partial charge in [0.25, 0.3) is 0 Å². The van der Waals surface area contributed by atoms with Crippen molar-refractivity contribution in [2.75, 3.05) is 44.7 Å². The summed E-state index contributed by atoms with van der Waals surface area (Å²) in [6.07, 6.45) is 6.51. The molecule has 0 bridgehead atoms. The highest BCUT2D eigenvalue weighted by Crippen LogP contribution is 2.44. The van der Waals surface area contributed by atoms with E-state index in [9.17, 15) is 0 Å². The van der Waals surface area contributed by atoms with Crippen molar-refractivity contribution in [1.29, 1.82) is 0 Å². The van der Waals surface area contributed by atoms with Crippen molar-refractivity contribution in [3.05, 3.63) is 47.2 Å². The van der Waals surface area contributed by atoms with Crippen molar-refractivity contribution < 1.29 is 9.47 Å². The Hall–Kier alpha value is -2.15. The van der Waals surface area contributed by atoms with E-state index >= 15 is 0 Å². The molecule has 3 fully saturated rings. The molecule has 6 nitrogen and oxygen atoms in total. The summed E-state index contributed by atoms with van der Waals surface area (Å²) in [5.41, 5.74) is 5.04. The fourth-order valence-electron chi connectivity index (χ4n) is 5.89. The number of nitrogens with one attached hydrogen (secondary N) is 2. The van der Waals surface area contributed by atoms with E-state index in [0.29, 0.717) is 11.8 Å². The molecule has 0 unspecified atom stereocenters. The fourth-order valence-corrected chi connectivity index (χ4v) is 5.89. The maximum atomic E-state index is 6.48. The average molecular weight is 435 g/mol. The summed E-state index contributed by atoms with van der Waals surface area (Å²) in [7, 11) is 0. The summed E-state index contributed by atoms with van der Waals surface area (Å²) < 4.78 is 12.1. The van der Waals surface area contributed by atoms with Crippen molar-refractivity contribution in [2.24, 2.45) is 0 Å². The van der Waals surface area contributed by atoms with E-state index in [2.05, 4.69) is 46.7 Å². The first-order valence-electron chi connectivity index (χ1n) is 12.3. The number of likely N-dealkylation sites (tertiary alicyclic amines) is 1. The molecule has 32 heavy (non-hydrogen) atoms. The van der Waals surface area contributed by atoms with E-state index in [1.807, 2.05) is 6.20 Å². The number of ether oxygens (including phenoxy) is 2. The van der Waals surface area contributed by atoms with E-state index in [4.69, 9.17) is 14.5 Å². The Labute approximate surface area is 190 Å². The zero-order valence-corrected chi connectivity index (χ0v) is 19.0. The molecule has 0 radical (unpaired) electrons. The highest BCUT2D eigenvalue weighted by Gasteiger charge is 2.31. The molecule has 4 aliphatic rings. The van der Waals surface area contributed by atoms with E-state index in [1.54, 1.807) is 0 Å². The Balaban J connectivity index is 1.24. The lowest BCUT2D eigenvalue weighted by Gasteiger charge is -2.42. The number of hydrogen-bond donors (Lipinski definition) is 2. The van der Waals surface area contributed by atoms with E-state index in [-0.39, 0.29) is 6.10 Å². The predicted octanol–water partition coefficient (Wildman–Crippen LogP) is 4.32. The summed E-state index contributed by atoms with van der Waals surface area (Å²) in [6.45, 7) is 8.55. The molecule has 0 saturated carbocycles. The predicted molar refractivity (Wildman–Crippen MR) is 126 cm³/mol. The topological polar surface area (TPSA) is 58.7 Å². The maximum Gasteiger partial charge on any atom is 0.143 e. The van der Waals surface area contributed by atoms with Gasteiger partial charge in [-0.05, 0) is 86.9 Å². The van der Waals surface area contributed by atoms with Crippen LogP contribution < -0.4 is 15.4 Å². The van der Waals surface area contributed by atoms with Crippen LogP contribution in [-0.4, -0.2) is 55.3 Å². The second kappa shape index (κ2) is 8.65. The van der Waals surface area contributed by atoms with Gasteiger partial charge in [0.1, 0.15) is 17.7 Å². The zero-order chi connectivity index (χ0) is 21.5. The van der Waals surface area contributed by atoms with Crippen LogP contribution in [0.4, 0.5) is 11.5 Å². The van der Waals surface area contributed by atoms with Crippen LogP contribution in [-0.2, 0) is 4.74 Å². The van der Waals surface area contributed by atoms with Gasteiger partial charge < -0.3 is 20.1 Å². The van der Waals surface area contributed by atoms with Gasteiger partial charge in [-0.15, -0.1) is 0 Å². The number of benzene rings is 1. The smallest absolute Gasteiger partial charge is 0.143 e. The van der Waals surface area contributed by atoms with Gasteiger partial charge in [-0.2, -0.15) is 0 Å². The van der Waals surface area contributed by atoms with Crippen molar-refractivity contribution in [2.45, 2.75) is 56.6 Å². The minimum absolute atomic E-state index is 0.0320. The monoisotopic (exact) mass is 434 g/mol. The maximum absolute atomic E-state index is 6.48. The molecule has 6 rings (SSSR count). The van der Waals surface area contributed by atoms with E-state index < -0.39 is 0 Å². The van der Waals surface area contributed by atoms with Gasteiger partial charge in [0.05, 0.1) is 5.69 Å². The standard InChI is InChI=1S/C26H34N4O2/c1-17-25-22(19-7-12-31-13-8-19)4-9-28-26(25)29-23-14-20(2-3-24(23)32-17)18-5-10-30(11-6-18)21-15-27-16-21/h2-4,9,14,17-19,21,27H,5-8,10-13,15-16H2,1H3,(H,28,29)/t17-/m0/s1. The Kier molecular flexibility index (Phi) is 5.53. The number of rotatable bonds is 3. The molecule has 1 atom stereocenters. The minimum atomic E-state index is -0.0320. The van der Waals surface area contributed by atoms with Gasteiger partial charge in [-0.3, -0.25) is 4.90 Å². The summed E-state index contributed by atoms with van der Waals surface area (Å²) in [5, 5.41) is 7.05. The summed E-state index contributed by atoms with van der Waals surface area (Å²) in [6, 6.07) is 9.69. The lowest BCUT2D eigenvalue weighted by atomic mass is 9.87. The molecule has 4 aliphatic heterocycles. The Bertz CT molecular complexity index is 962. The van der Waals surface area contributed by atoms with Crippen molar-refractivity contribution in [3.8, 4) is 5.75 Å². The SMILES string of the molecule is C[C@@H]1Oc2ccc(C3CCN(C4CNC4)CC3)cc2Nc2nccc(C3CCOCC3)c21. The first-order valence-corrected chi connectivity index (χ1v) is 12.3. The van der Waals surface area contributed by atoms with Gasteiger partial charge >= 0.3 is 0 Å². The highest BCUT2D eigenvalue weighted by molar-refractivity contribution is 5.70. The molecular weight excluding hydrogens is 400 g/mol. The van der Waals surface area contributed by atoms with Gasteiger partial charge in [-0.25, -0.2) is 4.98 Å². The molecule has 2 N–H and O–H groups in total. The zero-order valence-electron chi connectivity index (χ0n) is 19.0. The molecule has 2 aromatic rings. The summed E-state index contributed by atoms with van der Waals surface area (Å²) >= 11 is 0. The molecule has 0 spiro atoms. The Morgan fingerprint density at radius 3 is 2.56 bits per heavy atom. The van der Waals surface area contributed by atoms with E-state index in [0.717, 1.165) is 62.4 Å². The molecule has 5 heterocycles. The third-order valence-electron chi connectivity index (χ3n) is 7.93. The number of aromatic nitrogens is 1. The highest BCUT2D eigenvalue weighted by atomic mass is 16.5. The second-order valence-electron chi connectivity index (χ2n) is 9.81. The molecule has 3 saturated heterocycles. The van der Waals surface area contributed by atoms with Crippen LogP contribution in [0, 0.1) is 0 Å². The van der Waals surface area contributed by atoms with Crippen molar-refractivity contribution in [3.63, 3.8) is 0 Å². The Morgan fingerprint density at radius 1 is 1.00 bits per heavy atom. The molecule has 6 heteroatoms. The lowest BCUT2D eigenvalue weighted by Crippen LogP contribution is -2.58. The first kappa shape index (κ1) is 20.5. The van der Waals surface area contributed by atoms with Crippen LogP contribution >= 0.6 is 0 Å². The number of fused-ring (bicyclic) bond motifs is 2. The normalized spacial score (nSPS) is 25.1. The Morgan fingerprint density at radius 2 is 1.81 bits per heavy atom. The molecular formula is C26H34N4O2. The van der Waals surface area contributed by atoms with Gasteiger partial charge in [0.2, 0.25) is 0 Å². The third-order valence-corrected chi connectivity index (χ3v) is 7.93. The van der Waals surface area contributed by atoms with Crippen LogP contribution in [0.5, 0.6) is 5.75 Å². The molecule has 1 aromatic carbocycles. The first-order chi connectivity index (χ1) is 15.8. The largest absolute Gasteiger partial charge is 0.484 e. The summed E-state index contributed by atoms with van der Waals surface area (Å²) in [5.74, 6) is 3.01. The average Bonchev–Trinajstić information content (AvgIpc) is 2.94. The number of hydrogen-bond acceptors (Lipinski definition) is 6. The van der Waals surface area contributed by atoms with Crippen LogP contribution in [0.3, 0.4) is 0 Å². The van der Waals surface area contributed by atoms with Crippen molar-refractivity contribution >= 4 is 11.5 Å². The van der Waals surface area contributed by atoms with Crippen molar-refractivity contribution in [1.82, 2.24) is 15.2 Å². The van der Waals surface area contributed by atoms with Gasteiger partial charge in [-0.1, -0.05) is 6.07 Å². The van der Waals surface area contributed by atoms with Crippen LogP contribution in [0.1, 0.15) is 67.2 Å².